The van der Waals surface area contributed by atoms with E-state index < -0.39 is 17.4 Å². The zero-order chi connectivity index (χ0) is 20.2. The lowest BCUT2D eigenvalue weighted by Crippen LogP contribution is -2.24. The van der Waals surface area contributed by atoms with Crippen LogP contribution >= 0.6 is 0 Å². The van der Waals surface area contributed by atoms with Crippen molar-refractivity contribution in [2.45, 2.75) is 32.4 Å². The van der Waals surface area contributed by atoms with E-state index in [9.17, 15) is 13.2 Å². The lowest BCUT2D eigenvalue weighted by atomic mass is 10.0. The number of benzene rings is 1. The van der Waals surface area contributed by atoms with Crippen molar-refractivity contribution in [2.24, 2.45) is 0 Å². The standard InChI is InChI=1S/C12H12F3N5.C6H13N/c1-5-4-8(19-20-11(5)18)6-2-3-7(12(13,14)15)10(17)9(6)16;1-7-5-3-2-4-6-7/h2-4H,16-17H2,1H3,(H2,18,20);2-6H2,1H3. The summed E-state index contributed by atoms with van der Waals surface area (Å²) in [5.74, 6) is 0.243. The predicted molar refractivity (Wildman–Crippen MR) is 102 cm³/mol. The van der Waals surface area contributed by atoms with Crippen molar-refractivity contribution in [1.29, 1.82) is 0 Å². The number of anilines is 3. The van der Waals surface area contributed by atoms with Crippen LogP contribution in [0, 0.1) is 6.92 Å². The molecule has 0 bridgehead atoms. The summed E-state index contributed by atoms with van der Waals surface area (Å²) in [6.07, 6.45) is -0.281. The third kappa shape index (κ3) is 5.22. The normalized spacial score (nSPS) is 15.1. The monoisotopic (exact) mass is 382 g/mol. The number of nitrogens with zero attached hydrogens (tertiary/aromatic N) is 3. The maximum absolute atomic E-state index is 12.7. The molecule has 0 radical (unpaired) electrons. The first-order chi connectivity index (χ1) is 12.6. The molecule has 6 nitrogen and oxygen atoms in total. The Morgan fingerprint density at radius 2 is 1.59 bits per heavy atom. The molecule has 148 valence electrons. The van der Waals surface area contributed by atoms with Crippen LogP contribution in [0.2, 0.25) is 0 Å². The first-order valence-electron chi connectivity index (χ1n) is 8.65. The number of alkyl halides is 3. The molecule has 0 saturated carbocycles. The molecule has 0 amide bonds. The molecule has 1 aliphatic heterocycles. The molecule has 0 atom stereocenters. The average Bonchev–Trinajstić information content (AvgIpc) is 2.60. The van der Waals surface area contributed by atoms with Crippen molar-refractivity contribution >= 4 is 17.2 Å². The van der Waals surface area contributed by atoms with E-state index >= 15 is 0 Å². The number of aromatic nitrogens is 2. The van der Waals surface area contributed by atoms with Gasteiger partial charge in [-0.15, -0.1) is 10.2 Å². The zero-order valence-electron chi connectivity index (χ0n) is 15.5. The molecule has 27 heavy (non-hydrogen) atoms. The smallest absolute Gasteiger partial charge is 0.397 e. The van der Waals surface area contributed by atoms with E-state index in [1.54, 1.807) is 13.0 Å². The van der Waals surface area contributed by atoms with Crippen molar-refractivity contribution in [2.75, 3.05) is 37.3 Å². The Bertz CT molecular complexity index is 785. The fourth-order valence-corrected chi connectivity index (χ4v) is 2.79. The van der Waals surface area contributed by atoms with Crippen LogP contribution in [-0.2, 0) is 6.18 Å². The van der Waals surface area contributed by atoms with Gasteiger partial charge in [0.1, 0.15) is 5.82 Å². The van der Waals surface area contributed by atoms with Crippen LogP contribution in [0.25, 0.3) is 11.3 Å². The Labute approximate surface area is 156 Å². The molecule has 1 fully saturated rings. The Hall–Kier alpha value is -2.55. The van der Waals surface area contributed by atoms with Gasteiger partial charge in [0.15, 0.2) is 0 Å². The SMILES string of the molecule is CN1CCCCC1.Cc1cc(-c2ccc(C(F)(F)F)c(N)c2N)nnc1N. The number of halogens is 3. The van der Waals surface area contributed by atoms with Gasteiger partial charge in [0.25, 0.3) is 0 Å². The highest BCUT2D eigenvalue weighted by Crippen LogP contribution is 2.40. The Morgan fingerprint density at radius 1 is 0.963 bits per heavy atom. The number of nitrogens with two attached hydrogens (primary N) is 3. The molecule has 0 aliphatic carbocycles. The zero-order valence-corrected chi connectivity index (χ0v) is 15.5. The van der Waals surface area contributed by atoms with Gasteiger partial charge in [-0.3, -0.25) is 0 Å². The van der Waals surface area contributed by atoms with E-state index in [1.807, 2.05) is 0 Å². The summed E-state index contributed by atoms with van der Waals surface area (Å²) in [4.78, 5) is 2.39. The van der Waals surface area contributed by atoms with E-state index in [4.69, 9.17) is 17.2 Å². The minimum absolute atomic E-state index is 0.182. The van der Waals surface area contributed by atoms with Gasteiger partial charge in [0.2, 0.25) is 0 Å². The molecule has 0 spiro atoms. The Balaban J connectivity index is 0.000000313. The highest BCUT2D eigenvalue weighted by molar-refractivity contribution is 5.85. The second kappa shape index (κ2) is 8.43. The summed E-state index contributed by atoms with van der Waals surface area (Å²) in [6.45, 7) is 4.34. The van der Waals surface area contributed by atoms with Gasteiger partial charge < -0.3 is 22.1 Å². The molecule has 3 rings (SSSR count). The molecule has 2 heterocycles. The maximum atomic E-state index is 12.7. The van der Waals surface area contributed by atoms with Crippen LogP contribution in [0.5, 0.6) is 0 Å². The van der Waals surface area contributed by atoms with Gasteiger partial charge in [-0.2, -0.15) is 13.2 Å². The molecule has 1 aromatic carbocycles. The number of rotatable bonds is 1. The van der Waals surface area contributed by atoms with Gasteiger partial charge in [-0.05, 0) is 63.7 Å². The molecule has 1 aliphatic rings. The van der Waals surface area contributed by atoms with E-state index in [-0.39, 0.29) is 17.1 Å². The highest BCUT2D eigenvalue weighted by Gasteiger charge is 2.34. The molecule has 1 saturated heterocycles. The van der Waals surface area contributed by atoms with Gasteiger partial charge in [-0.25, -0.2) is 0 Å². The summed E-state index contributed by atoms with van der Waals surface area (Å²) >= 11 is 0. The van der Waals surface area contributed by atoms with Crippen LogP contribution < -0.4 is 17.2 Å². The van der Waals surface area contributed by atoms with E-state index in [1.165, 1.54) is 38.4 Å². The fourth-order valence-electron chi connectivity index (χ4n) is 2.79. The first-order valence-corrected chi connectivity index (χ1v) is 8.65. The number of piperidine rings is 1. The lowest BCUT2D eigenvalue weighted by Gasteiger charge is -2.20. The van der Waals surface area contributed by atoms with Crippen LogP contribution in [-0.4, -0.2) is 35.2 Å². The number of hydrogen-bond donors (Lipinski definition) is 3. The summed E-state index contributed by atoms with van der Waals surface area (Å²) in [5, 5.41) is 7.52. The van der Waals surface area contributed by atoms with E-state index in [0.29, 0.717) is 11.3 Å². The van der Waals surface area contributed by atoms with Gasteiger partial charge in [0.05, 0.1) is 22.6 Å². The minimum Gasteiger partial charge on any atom is -0.397 e. The number of aryl methyl sites for hydroxylation is 1. The maximum Gasteiger partial charge on any atom is 0.418 e. The van der Waals surface area contributed by atoms with Gasteiger partial charge in [0, 0.05) is 5.56 Å². The molecule has 9 heteroatoms. The van der Waals surface area contributed by atoms with Crippen LogP contribution in [0.4, 0.5) is 30.4 Å². The van der Waals surface area contributed by atoms with Gasteiger partial charge >= 0.3 is 6.18 Å². The molecule has 6 N–H and O–H groups in total. The van der Waals surface area contributed by atoms with Crippen molar-refractivity contribution in [1.82, 2.24) is 15.1 Å². The number of nitrogen functional groups attached to an aromatic ring is 3. The summed E-state index contributed by atoms with van der Waals surface area (Å²) < 4.78 is 38.1. The quantitative estimate of drug-likeness (QED) is 0.653. The molecule has 0 unspecified atom stereocenters. The molecular formula is C18H25F3N6. The van der Waals surface area contributed by atoms with Crippen molar-refractivity contribution in [3.63, 3.8) is 0 Å². The number of hydrogen-bond acceptors (Lipinski definition) is 6. The van der Waals surface area contributed by atoms with Crippen LogP contribution in [0.3, 0.4) is 0 Å². The van der Waals surface area contributed by atoms with Crippen molar-refractivity contribution < 1.29 is 13.2 Å². The molecule has 1 aromatic heterocycles. The Morgan fingerprint density at radius 3 is 2.07 bits per heavy atom. The van der Waals surface area contributed by atoms with Crippen LogP contribution in [0.15, 0.2) is 18.2 Å². The van der Waals surface area contributed by atoms with Gasteiger partial charge in [-0.1, -0.05) is 6.42 Å². The second-order valence-corrected chi connectivity index (χ2v) is 6.65. The third-order valence-electron chi connectivity index (χ3n) is 4.47. The summed E-state index contributed by atoms with van der Waals surface area (Å²) in [5.41, 5.74) is 16.2. The minimum atomic E-state index is -4.56. The first kappa shape index (κ1) is 20.8. The molecule has 2 aromatic rings. The lowest BCUT2D eigenvalue weighted by molar-refractivity contribution is -0.136. The topological polar surface area (TPSA) is 107 Å². The fraction of sp³-hybridized carbons (Fsp3) is 0.444. The van der Waals surface area contributed by atoms with Crippen molar-refractivity contribution in [3.8, 4) is 11.3 Å². The Kier molecular flexibility index (Phi) is 6.48. The second-order valence-electron chi connectivity index (χ2n) is 6.65. The van der Waals surface area contributed by atoms with E-state index in [2.05, 4.69) is 22.1 Å². The van der Waals surface area contributed by atoms with Crippen molar-refractivity contribution in [3.05, 3.63) is 29.3 Å². The summed E-state index contributed by atoms with van der Waals surface area (Å²) in [6, 6.07) is 3.67. The van der Waals surface area contributed by atoms with Crippen LogP contribution in [0.1, 0.15) is 30.4 Å². The highest BCUT2D eigenvalue weighted by atomic mass is 19.4. The predicted octanol–water partition coefficient (Wildman–Crippen LogP) is 3.32. The molecular weight excluding hydrogens is 357 g/mol. The largest absolute Gasteiger partial charge is 0.418 e. The van der Waals surface area contributed by atoms with E-state index in [0.717, 1.165) is 6.07 Å². The third-order valence-corrected chi connectivity index (χ3v) is 4.47. The summed E-state index contributed by atoms with van der Waals surface area (Å²) in [7, 11) is 2.19. The average molecular weight is 382 g/mol. The number of likely N-dealkylation sites (tertiary alicyclic amines) is 1.